The molecule has 0 amide bonds. The number of nitrogen functional groups attached to an aromatic ring is 1. The van der Waals surface area contributed by atoms with Crippen LogP contribution in [0, 0.1) is 18.8 Å². The van der Waals surface area contributed by atoms with Crippen LogP contribution in [-0.2, 0) is 0 Å². The lowest BCUT2D eigenvalue weighted by atomic mass is 9.81. The van der Waals surface area contributed by atoms with Crippen LogP contribution in [0.15, 0.2) is 23.1 Å². The molecular formula is C15H23NS. The minimum atomic E-state index is 0.779. The lowest BCUT2D eigenvalue weighted by molar-refractivity contribution is 0.283. The van der Waals surface area contributed by atoms with E-state index < -0.39 is 0 Å². The van der Waals surface area contributed by atoms with Gasteiger partial charge in [-0.1, -0.05) is 19.9 Å². The monoisotopic (exact) mass is 249 g/mol. The fourth-order valence-electron chi connectivity index (χ4n) is 2.53. The number of thioether (sulfide) groups is 1. The zero-order valence-corrected chi connectivity index (χ0v) is 11.9. The summed E-state index contributed by atoms with van der Waals surface area (Å²) in [4.78, 5) is 1.37. The molecule has 1 fully saturated rings. The van der Waals surface area contributed by atoms with Crippen molar-refractivity contribution in [3.05, 3.63) is 23.8 Å². The maximum absolute atomic E-state index is 5.87. The Morgan fingerprint density at radius 2 is 1.94 bits per heavy atom. The highest BCUT2D eigenvalue weighted by molar-refractivity contribution is 8.00. The summed E-state index contributed by atoms with van der Waals surface area (Å²) >= 11 is 2.03. The topological polar surface area (TPSA) is 26.0 Å². The third-order valence-electron chi connectivity index (χ3n) is 4.06. The van der Waals surface area contributed by atoms with E-state index in [1.807, 2.05) is 17.8 Å². The number of anilines is 1. The van der Waals surface area contributed by atoms with E-state index in [4.69, 9.17) is 5.73 Å². The van der Waals surface area contributed by atoms with Crippen molar-refractivity contribution in [2.24, 2.45) is 11.8 Å². The Balaban J connectivity index is 2.03. The van der Waals surface area contributed by atoms with Crippen LogP contribution in [0.2, 0.25) is 0 Å². The van der Waals surface area contributed by atoms with E-state index in [9.17, 15) is 0 Å². The summed E-state index contributed by atoms with van der Waals surface area (Å²) in [5, 5.41) is 0.779. The third kappa shape index (κ3) is 3.19. The van der Waals surface area contributed by atoms with Gasteiger partial charge in [0.05, 0.1) is 0 Å². The molecule has 1 aliphatic carbocycles. The highest BCUT2D eigenvalue weighted by Gasteiger charge is 2.25. The SMILES string of the molecule is Cc1ccc(N)cc1SC1CCC(C)C(C)C1. The predicted molar refractivity (Wildman–Crippen MR) is 77.4 cm³/mol. The Morgan fingerprint density at radius 1 is 1.18 bits per heavy atom. The molecule has 0 bridgehead atoms. The van der Waals surface area contributed by atoms with Gasteiger partial charge in [0.15, 0.2) is 0 Å². The molecule has 2 rings (SSSR count). The Kier molecular flexibility index (Phi) is 4.03. The predicted octanol–water partition coefficient (Wildman–Crippen LogP) is 4.49. The number of hydrogen-bond acceptors (Lipinski definition) is 2. The molecule has 1 aliphatic rings. The first kappa shape index (κ1) is 12.8. The fraction of sp³-hybridized carbons (Fsp3) is 0.600. The van der Waals surface area contributed by atoms with Crippen LogP contribution in [0.25, 0.3) is 0 Å². The normalized spacial score (nSPS) is 29.2. The molecular weight excluding hydrogens is 226 g/mol. The van der Waals surface area contributed by atoms with Crippen LogP contribution in [0.4, 0.5) is 5.69 Å². The van der Waals surface area contributed by atoms with Gasteiger partial charge in [0.1, 0.15) is 0 Å². The van der Waals surface area contributed by atoms with Crippen LogP contribution in [0.3, 0.4) is 0 Å². The number of aryl methyl sites for hydroxylation is 1. The molecule has 1 aromatic rings. The second-order valence-corrected chi connectivity index (χ2v) is 6.87. The van der Waals surface area contributed by atoms with Crippen molar-refractivity contribution in [1.82, 2.24) is 0 Å². The minimum absolute atomic E-state index is 0.779. The van der Waals surface area contributed by atoms with Gasteiger partial charge in [0, 0.05) is 15.8 Å². The number of rotatable bonds is 2. The van der Waals surface area contributed by atoms with Crippen molar-refractivity contribution in [1.29, 1.82) is 0 Å². The van der Waals surface area contributed by atoms with Gasteiger partial charge in [-0.2, -0.15) is 0 Å². The molecule has 2 N–H and O–H groups in total. The minimum Gasteiger partial charge on any atom is -0.399 e. The lowest BCUT2D eigenvalue weighted by Gasteiger charge is -2.31. The Labute approximate surface area is 109 Å². The largest absolute Gasteiger partial charge is 0.399 e. The van der Waals surface area contributed by atoms with Gasteiger partial charge in [0.2, 0.25) is 0 Å². The van der Waals surface area contributed by atoms with Crippen LogP contribution >= 0.6 is 11.8 Å². The van der Waals surface area contributed by atoms with E-state index in [2.05, 4.69) is 32.9 Å². The molecule has 3 unspecified atom stereocenters. The highest BCUT2D eigenvalue weighted by atomic mass is 32.2. The number of hydrogen-bond donors (Lipinski definition) is 1. The maximum Gasteiger partial charge on any atom is 0.0325 e. The second-order valence-electron chi connectivity index (χ2n) is 5.53. The molecule has 0 saturated heterocycles. The Hall–Kier alpha value is -0.630. The van der Waals surface area contributed by atoms with Crippen LogP contribution in [0.5, 0.6) is 0 Å². The summed E-state index contributed by atoms with van der Waals surface area (Å²) in [5.74, 6) is 1.76. The van der Waals surface area contributed by atoms with E-state index in [1.165, 1.54) is 29.7 Å². The zero-order chi connectivity index (χ0) is 12.4. The maximum atomic E-state index is 5.87. The zero-order valence-electron chi connectivity index (χ0n) is 11.1. The van der Waals surface area contributed by atoms with Crippen molar-refractivity contribution in [2.45, 2.75) is 50.2 Å². The van der Waals surface area contributed by atoms with Crippen molar-refractivity contribution >= 4 is 17.4 Å². The smallest absolute Gasteiger partial charge is 0.0325 e. The van der Waals surface area contributed by atoms with Gasteiger partial charge in [-0.05, 0) is 55.7 Å². The van der Waals surface area contributed by atoms with Crippen LogP contribution in [0.1, 0.15) is 38.7 Å². The molecule has 0 spiro atoms. The quantitative estimate of drug-likeness (QED) is 0.781. The molecule has 0 heterocycles. The summed E-state index contributed by atoms with van der Waals surface area (Å²) < 4.78 is 0. The van der Waals surface area contributed by atoms with Gasteiger partial charge < -0.3 is 5.73 Å². The Morgan fingerprint density at radius 3 is 2.65 bits per heavy atom. The second kappa shape index (κ2) is 5.34. The first-order valence-electron chi connectivity index (χ1n) is 6.59. The van der Waals surface area contributed by atoms with Crippen LogP contribution < -0.4 is 5.73 Å². The summed E-state index contributed by atoms with van der Waals surface area (Å²) in [6.07, 6.45) is 4.07. The summed E-state index contributed by atoms with van der Waals surface area (Å²) in [7, 11) is 0. The van der Waals surface area contributed by atoms with Crippen molar-refractivity contribution in [3.8, 4) is 0 Å². The molecule has 0 aromatic heterocycles. The van der Waals surface area contributed by atoms with Gasteiger partial charge in [0.25, 0.3) is 0 Å². The number of nitrogens with two attached hydrogens (primary N) is 1. The molecule has 17 heavy (non-hydrogen) atoms. The summed E-state index contributed by atoms with van der Waals surface area (Å²) in [6, 6.07) is 6.25. The van der Waals surface area contributed by atoms with Crippen molar-refractivity contribution in [3.63, 3.8) is 0 Å². The molecule has 0 aliphatic heterocycles. The molecule has 1 saturated carbocycles. The van der Waals surface area contributed by atoms with E-state index >= 15 is 0 Å². The molecule has 2 heteroatoms. The molecule has 1 nitrogen and oxygen atoms in total. The fourth-order valence-corrected chi connectivity index (χ4v) is 4.00. The molecule has 1 aromatic carbocycles. The average Bonchev–Trinajstić information content (AvgIpc) is 2.29. The van der Waals surface area contributed by atoms with Gasteiger partial charge in [-0.15, -0.1) is 11.8 Å². The van der Waals surface area contributed by atoms with E-state index in [0.29, 0.717) is 0 Å². The number of benzene rings is 1. The van der Waals surface area contributed by atoms with Crippen molar-refractivity contribution < 1.29 is 0 Å². The highest BCUT2D eigenvalue weighted by Crippen LogP contribution is 2.40. The summed E-state index contributed by atoms with van der Waals surface area (Å²) in [6.45, 7) is 6.96. The summed E-state index contributed by atoms with van der Waals surface area (Å²) in [5.41, 5.74) is 8.11. The van der Waals surface area contributed by atoms with Gasteiger partial charge in [-0.25, -0.2) is 0 Å². The Bertz CT molecular complexity index is 389. The molecule has 94 valence electrons. The lowest BCUT2D eigenvalue weighted by Crippen LogP contribution is -2.22. The van der Waals surface area contributed by atoms with Crippen molar-refractivity contribution in [2.75, 3.05) is 5.73 Å². The third-order valence-corrected chi connectivity index (χ3v) is 5.51. The molecule has 3 atom stereocenters. The average molecular weight is 249 g/mol. The van der Waals surface area contributed by atoms with Crippen LogP contribution in [-0.4, -0.2) is 5.25 Å². The standard InChI is InChI=1S/C15H23NS/c1-10-5-7-14(8-12(10)3)17-15-9-13(16)6-4-11(15)2/h4,6,9-10,12,14H,5,7-8,16H2,1-3H3. The first-order valence-corrected chi connectivity index (χ1v) is 7.47. The van der Waals surface area contributed by atoms with E-state index in [0.717, 1.165) is 22.8 Å². The molecule has 0 radical (unpaired) electrons. The van der Waals surface area contributed by atoms with Gasteiger partial charge >= 0.3 is 0 Å². The first-order chi connectivity index (χ1) is 8.06. The van der Waals surface area contributed by atoms with E-state index in [1.54, 1.807) is 0 Å². The van der Waals surface area contributed by atoms with E-state index in [-0.39, 0.29) is 0 Å². The van der Waals surface area contributed by atoms with Gasteiger partial charge in [-0.3, -0.25) is 0 Å².